The SMILES string of the molecule is CC(C)(C)OC(=O)N[C@@H](CC(=O)N1CCn2c(C(F)(F)F)nc(C(=O)OCCN3CCC(Nc4ccc[nH]c4=O)CC3)c2C1)Cc1cc(F)c(F)cc1F. The van der Waals surface area contributed by atoms with Gasteiger partial charge in [0, 0.05) is 63.5 Å². The van der Waals surface area contributed by atoms with Crippen LogP contribution in [0.25, 0.3) is 0 Å². The number of esters is 1. The number of nitrogens with zero attached hydrogens (tertiary/aromatic N) is 4. The highest BCUT2D eigenvalue weighted by Gasteiger charge is 2.42. The van der Waals surface area contributed by atoms with Crippen molar-refractivity contribution < 1.29 is 50.2 Å². The lowest BCUT2D eigenvalue weighted by Crippen LogP contribution is -2.45. The summed E-state index contributed by atoms with van der Waals surface area (Å²) in [5.74, 6) is -7.04. The van der Waals surface area contributed by atoms with Gasteiger partial charge in [-0.25, -0.2) is 27.7 Å². The number of alkyl halides is 3. The highest BCUT2D eigenvalue weighted by molar-refractivity contribution is 5.89. The molecule has 0 saturated carbocycles. The lowest BCUT2D eigenvalue weighted by atomic mass is 10.0. The Hall–Kier alpha value is -5.07. The summed E-state index contributed by atoms with van der Waals surface area (Å²) in [6.07, 6.45) is -3.99. The Morgan fingerprint density at radius 3 is 2.39 bits per heavy atom. The summed E-state index contributed by atoms with van der Waals surface area (Å²) in [5, 5.41) is 5.65. The molecule has 2 amide bonds. The van der Waals surface area contributed by atoms with Crippen molar-refractivity contribution in [1.29, 1.82) is 0 Å². The molecule has 2 aliphatic rings. The highest BCUT2D eigenvalue weighted by atomic mass is 19.4. The number of H-pyrrole nitrogens is 1. The van der Waals surface area contributed by atoms with E-state index in [4.69, 9.17) is 9.47 Å². The number of hydrogen-bond donors (Lipinski definition) is 3. The number of benzene rings is 1. The first-order valence-electron chi connectivity index (χ1n) is 17.3. The first kappa shape index (κ1) is 40.1. The monoisotopic (exact) mass is 769 g/mol. The molecule has 0 spiro atoms. The van der Waals surface area contributed by atoms with Crippen LogP contribution in [0.5, 0.6) is 0 Å². The normalized spacial score (nSPS) is 16.1. The van der Waals surface area contributed by atoms with Crippen LogP contribution in [-0.4, -0.2) is 92.8 Å². The van der Waals surface area contributed by atoms with Crippen LogP contribution in [0.3, 0.4) is 0 Å². The fraction of sp³-hybridized carbons (Fsp3) is 0.514. The number of rotatable bonds is 11. The maximum Gasteiger partial charge on any atom is 0.449 e. The average molecular weight is 770 g/mol. The van der Waals surface area contributed by atoms with Gasteiger partial charge in [-0.1, -0.05) is 0 Å². The van der Waals surface area contributed by atoms with E-state index in [0.717, 1.165) is 9.47 Å². The fourth-order valence-corrected chi connectivity index (χ4v) is 6.33. The number of pyridine rings is 1. The molecular weight excluding hydrogens is 728 g/mol. The first-order chi connectivity index (χ1) is 25.4. The summed E-state index contributed by atoms with van der Waals surface area (Å²) in [7, 11) is 0. The lowest BCUT2D eigenvalue weighted by molar-refractivity contribution is -0.148. The molecule has 4 heterocycles. The zero-order chi connectivity index (χ0) is 39.4. The summed E-state index contributed by atoms with van der Waals surface area (Å²) in [6, 6.07) is 3.16. The van der Waals surface area contributed by atoms with E-state index >= 15 is 0 Å². The standard InChI is InChI=1S/C35H41F6N7O6/c1-34(2,3)54-33(52)44-22(15-20-16-24(37)25(38)18-23(20)36)17-28(49)47-11-12-48-27(19-47)29(45-32(48)35(39,40)41)31(51)53-14-13-46-9-6-21(7-10-46)43-26-5-4-8-42-30(26)50/h4-5,8,16,18,21-22,43H,6-7,9-15,17,19H2,1-3H3,(H,42,50)(H,44,52)/t22-/m1/s1. The van der Waals surface area contributed by atoms with E-state index in [9.17, 15) is 45.5 Å². The summed E-state index contributed by atoms with van der Waals surface area (Å²) in [4.78, 5) is 60.7. The predicted octanol–water partition coefficient (Wildman–Crippen LogP) is 4.61. The molecule has 3 aromatic rings. The van der Waals surface area contributed by atoms with Gasteiger partial charge in [0.25, 0.3) is 5.56 Å². The minimum absolute atomic E-state index is 0.0475. The summed E-state index contributed by atoms with van der Waals surface area (Å²) >= 11 is 0. The second kappa shape index (κ2) is 16.5. The van der Waals surface area contributed by atoms with E-state index < -0.39 is 84.1 Å². The summed E-state index contributed by atoms with van der Waals surface area (Å²) in [5.41, 5.74) is -1.89. The van der Waals surface area contributed by atoms with E-state index in [1.807, 2.05) is 4.90 Å². The van der Waals surface area contributed by atoms with E-state index in [-0.39, 0.29) is 42.6 Å². The molecule has 54 heavy (non-hydrogen) atoms. The number of carbonyl (C=O) groups excluding carboxylic acids is 3. The van der Waals surface area contributed by atoms with E-state index in [0.29, 0.717) is 50.3 Å². The van der Waals surface area contributed by atoms with Crippen molar-refractivity contribution in [3.05, 3.63) is 81.0 Å². The van der Waals surface area contributed by atoms with Gasteiger partial charge in [0.2, 0.25) is 11.7 Å². The van der Waals surface area contributed by atoms with Crippen molar-refractivity contribution in [2.24, 2.45) is 0 Å². The van der Waals surface area contributed by atoms with Gasteiger partial charge in [-0.3, -0.25) is 14.5 Å². The van der Waals surface area contributed by atoms with Crippen LogP contribution in [0.15, 0.2) is 35.3 Å². The number of anilines is 1. The minimum Gasteiger partial charge on any atom is -0.460 e. The summed E-state index contributed by atoms with van der Waals surface area (Å²) in [6.45, 7) is 5.02. The van der Waals surface area contributed by atoms with E-state index in [1.54, 1.807) is 32.9 Å². The number of amides is 2. The van der Waals surface area contributed by atoms with Crippen LogP contribution in [0.1, 0.15) is 67.6 Å². The van der Waals surface area contributed by atoms with Gasteiger partial charge in [-0.05, 0) is 63.8 Å². The van der Waals surface area contributed by atoms with Crippen LogP contribution < -0.4 is 16.2 Å². The quantitative estimate of drug-likeness (QED) is 0.144. The topological polar surface area (TPSA) is 151 Å². The number of hydrogen-bond acceptors (Lipinski definition) is 9. The Kier molecular flexibility index (Phi) is 12.3. The van der Waals surface area contributed by atoms with Gasteiger partial charge in [0.15, 0.2) is 17.3 Å². The van der Waals surface area contributed by atoms with Crippen LogP contribution >= 0.6 is 0 Å². The van der Waals surface area contributed by atoms with Crippen LogP contribution in [0.2, 0.25) is 0 Å². The van der Waals surface area contributed by atoms with Crippen molar-refractivity contribution in [2.45, 2.75) is 83.4 Å². The summed E-state index contributed by atoms with van der Waals surface area (Å²) < 4.78 is 95.6. The van der Waals surface area contributed by atoms with E-state index in [1.165, 1.54) is 6.20 Å². The number of ether oxygens (including phenoxy) is 2. The molecule has 1 aromatic carbocycles. The van der Waals surface area contributed by atoms with Crippen molar-refractivity contribution >= 4 is 23.7 Å². The number of halogens is 6. The molecule has 1 saturated heterocycles. The fourth-order valence-electron chi connectivity index (χ4n) is 6.33. The Bertz CT molecular complexity index is 1900. The number of aromatic amines is 1. The molecule has 2 aliphatic heterocycles. The number of carbonyl (C=O) groups is 3. The molecule has 19 heteroatoms. The zero-order valence-electron chi connectivity index (χ0n) is 29.8. The third kappa shape index (κ3) is 10.3. The number of alkyl carbamates (subject to hydrolysis) is 1. The number of fused-ring (bicyclic) bond motifs is 1. The molecule has 0 aliphatic carbocycles. The minimum atomic E-state index is -4.93. The predicted molar refractivity (Wildman–Crippen MR) is 181 cm³/mol. The third-order valence-corrected chi connectivity index (χ3v) is 8.91. The van der Waals surface area contributed by atoms with Gasteiger partial charge in [-0.15, -0.1) is 0 Å². The van der Waals surface area contributed by atoms with Crippen molar-refractivity contribution in [3.8, 4) is 0 Å². The molecule has 13 nitrogen and oxygen atoms in total. The lowest BCUT2D eigenvalue weighted by Gasteiger charge is -2.32. The molecule has 0 radical (unpaired) electrons. The molecule has 294 valence electrons. The van der Waals surface area contributed by atoms with Crippen molar-refractivity contribution in [1.82, 2.24) is 29.7 Å². The second-order valence-corrected chi connectivity index (χ2v) is 14.1. The number of likely N-dealkylation sites (tertiary alicyclic amines) is 1. The van der Waals surface area contributed by atoms with Crippen LogP contribution in [0, 0.1) is 17.5 Å². The maximum atomic E-state index is 14.6. The Labute approximate surface area is 306 Å². The van der Waals surface area contributed by atoms with Gasteiger partial charge >= 0.3 is 18.2 Å². The zero-order valence-corrected chi connectivity index (χ0v) is 29.8. The van der Waals surface area contributed by atoms with Gasteiger partial charge < -0.3 is 34.6 Å². The molecule has 2 aromatic heterocycles. The van der Waals surface area contributed by atoms with Crippen molar-refractivity contribution in [3.63, 3.8) is 0 Å². The number of nitrogens with one attached hydrogen (secondary N) is 3. The Morgan fingerprint density at radius 1 is 1.02 bits per heavy atom. The van der Waals surface area contributed by atoms with Gasteiger partial charge in [-0.2, -0.15) is 13.2 Å². The molecule has 1 atom stereocenters. The van der Waals surface area contributed by atoms with Crippen LogP contribution in [-0.2, 0) is 40.0 Å². The maximum absolute atomic E-state index is 14.6. The molecule has 5 rings (SSSR count). The number of piperidine rings is 1. The molecule has 3 N–H and O–H groups in total. The molecule has 0 bridgehead atoms. The largest absolute Gasteiger partial charge is 0.460 e. The van der Waals surface area contributed by atoms with Gasteiger partial charge in [0.1, 0.15) is 23.7 Å². The Morgan fingerprint density at radius 2 is 1.72 bits per heavy atom. The highest BCUT2D eigenvalue weighted by Crippen LogP contribution is 2.33. The van der Waals surface area contributed by atoms with Crippen molar-refractivity contribution in [2.75, 3.05) is 38.1 Å². The van der Waals surface area contributed by atoms with E-state index in [2.05, 4.69) is 20.6 Å². The third-order valence-electron chi connectivity index (χ3n) is 8.91. The van der Waals surface area contributed by atoms with Crippen LogP contribution in [0.4, 0.5) is 36.8 Å². The number of imidazole rings is 1. The first-order valence-corrected chi connectivity index (χ1v) is 17.3. The number of aromatic nitrogens is 3. The van der Waals surface area contributed by atoms with Gasteiger partial charge in [0.05, 0.1) is 12.2 Å². The smallest absolute Gasteiger partial charge is 0.449 e. The molecule has 0 unspecified atom stereocenters. The molecule has 1 fully saturated rings. The Balaban J connectivity index is 1.24. The second-order valence-electron chi connectivity index (χ2n) is 14.1. The molecular formula is C35H41F6N7O6. The average Bonchev–Trinajstić information content (AvgIpc) is 3.48.